The van der Waals surface area contributed by atoms with Crippen molar-refractivity contribution in [3.63, 3.8) is 0 Å². The second-order valence-corrected chi connectivity index (χ2v) is 12.7. The van der Waals surface area contributed by atoms with Crippen molar-refractivity contribution in [2.75, 3.05) is 5.75 Å². The molecule has 1 aromatic heterocycles. The lowest BCUT2D eigenvalue weighted by Gasteiger charge is -2.42. The molecule has 0 aromatic carbocycles. The minimum absolute atomic E-state index is 0.0277. The Kier molecular flexibility index (Phi) is 8.86. The van der Waals surface area contributed by atoms with Gasteiger partial charge >= 0.3 is 47.6 Å². The van der Waals surface area contributed by atoms with Crippen molar-refractivity contribution >= 4 is 53.0 Å². The summed E-state index contributed by atoms with van der Waals surface area (Å²) in [6.45, 7) is 0. The lowest BCUT2D eigenvalue weighted by molar-refractivity contribution is -0.461. The molecule has 0 aliphatic carbocycles. The van der Waals surface area contributed by atoms with E-state index in [-0.39, 0.29) is 7.57 Å². The predicted octanol–water partition coefficient (Wildman–Crippen LogP) is 8.45. The maximum atomic E-state index is 13.9. The molecule has 0 atom stereocenters. The molecule has 0 fully saturated rings. The third-order valence-corrected chi connectivity index (χ3v) is 8.90. The second-order valence-electron chi connectivity index (χ2n) is 6.91. The summed E-state index contributed by atoms with van der Waals surface area (Å²) >= 11 is 5.88. The van der Waals surface area contributed by atoms with Gasteiger partial charge in [0.25, 0.3) is 0 Å². The Labute approximate surface area is 214 Å². The first-order chi connectivity index (χ1) is 15.9. The molecule has 1 rings (SSSR count). The van der Waals surface area contributed by atoms with E-state index in [1.165, 1.54) is 0 Å². The van der Waals surface area contributed by atoms with Crippen LogP contribution in [-0.2, 0) is 9.84 Å². The van der Waals surface area contributed by atoms with E-state index in [9.17, 15) is 83.1 Å². The Morgan fingerprint density at radius 3 is 1.30 bits per heavy atom. The van der Waals surface area contributed by atoms with E-state index >= 15 is 0 Å². The summed E-state index contributed by atoms with van der Waals surface area (Å²) in [5.41, 5.74) is 0. The summed E-state index contributed by atoms with van der Waals surface area (Å²) in [6, 6.07) is 0.673. The van der Waals surface area contributed by atoms with Gasteiger partial charge in [0.2, 0.25) is 0 Å². The predicted molar refractivity (Wildman–Crippen MR) is 97.1 cm³/mol. The number of alkyl halides is 17. The van der Waals surface area contributed by atoms with Gasteiger partial charge in [-0.3, -0.25) is 0 Å². The summed E-state index contributed by atoms with van der Waals surface area (Å²) in [4.78, 5) is -0.930. The smallest absolute Gasteiger partial charge is 0.224 e. The zero-order valence-electron chi connectivity index (χ0n) is 16.3. The fourth-order valence-electron chi connectivity index (χ4n) is 2.26. The Hall–Kier alpha value is -0.580. The molecule has 0 radical (unpaired) electrons. The molecule has 1 heterocycles. The van der Waals surface area contributed by atoms with Crippen molar-refractivity contribution in [1.82, 2.24) is 0 Å². The van der Waals surface area contributed by atoms with Crippen LogP contribution in [0.3, 0.4) is 0 Å². The second kappa shape index (κ2) is 9.51. The van der Waals surface area contributed by atoms with Crippen LogP contribution in [0.25, 0.3) is 0 Å². The molecule has 0 bridgehead atoms. The fourth-order valence-corrected chi connectivity index (χ4v) is 7.53. The topological polar surface area (TPSA) is 34.1 Å². The van der Waals surface area contributed by atoms with Crippen LogP contribution in [0.15, 0.2) is 18.5 Å². The number of thiophene rings is 1. The molecule has 0 unspecified atom stereocenters. The van der Waals surface area contributed by atoms with Gasteiger partial charge in [0.05, 0.1) is 18.2 Å². The summed E-state index contributed by atoms with van der Waals surface area (Å²) in [7, 11) is -5.14. The van der Waals surface area contributed by atoms with Gasteiger partial charge in [-0.05, 0) is 37.9 Å². The average molecular weight is 752 g/mol. The first-order valence-corrected chi connectivity index (χ1v) is 12.3. The normalized spacial score (nSPS) is 15.9. The molecule has 0 saturated heterocycles. The van der Waals surface area contributed by atoms with E-state index in [2.05, 4.69) is 31.9 Å². The van der Waals surface area contributed by atoms with E-state index in [1.54, 1.807) is 0 Å². The first-order valence-electron chi connectivity index (χ1n) is 8.26. The average Bonchev–Trinajstić information content (AvgIpc) is 3.03. The highest BCUT2D eigenvalue weighted by molar-refractivity contribution is 9.12. The molecule has 2 nitrogen and oxygen atoms in total. The van der Waals surface area contributed by atoms with Crippen molar-refractivity contribution < 1.29 is 83.1 Å². The molecule has 1 aromatic rings. The lowest BCUT2D eigenvalue weighted by atomic mass is 9.88. The highest BCUT2D eigenvalue weighted by atomic mass is 79.9. The Morgan fingerprint density at radius 1 is 0.622 bits per heavy atom. The largest absolute Gasteiger partial charge is 0.460 e. The van der Waals surface area contributed by atoms with Crippen LogP contribution < -0.4 is 0 Å². The van der Waals surface area contributed by atoms with Crippen LogP contribution in [0.5, 0.6) is 0 Å². The number of hydrogen-bond acceptors (Lipinski definition) is 3. The Morgan fingerprint density at radius 2 is 0.973 bits per heavy atom. The molecular weight excluding hydrogens is 747 g/mol. The van der Waals surface area contributed by atoms with Gasteiger partial charge in [-0.1, -0.05) is 0 Å². The molecule has 23 heteroatoms. The van der Waals surface area contributed by atoms with Crippen molar-refractivity contribution in [3.05, 3.63) is 13.6 Å². The van der Waals surface area contributed by atoms with Crippen LogP contribution >= 0.6 is 43.2 Å². The summed E-state index contributed by atoms with van der Waals surface area (Å²) in [5.74, 6) is -59.7. The van der Waals surface area contributed by atoms with Crippen LogP contribution in [-0.4, -0.2) is 61.8 Å². The number of hydrogen-bond donors (Lipinski definition) is 0. The molecule has 0 amide bonds. The van der Waals surface area contributed by atoms with Gasteiger partial charge in [0, 0.05) is 6.42 Å². The summed E-state index contributed by atoms with van der Waals surface area (Å²) < 4.78 is 248. The van der Waals surface area contributed by atoms with Crippen molar-refractivity contribution in [2.45, 2.75) is 59.0 Å². The molecule has 0 aliphatic heterocycles. The quantitative estimate of drug-likeness (QED) is 0.225. The monoisotopic (exact) mass is 750 g/mol. The number of halogens is 19. The van der Waals surface area contributed by atoms with Crippen molar-refractivity contribution in [1.29, 1.82) is 0 Å². The maximum Gasteiger partial charge on any atom is 0.460 e. The van der Waals surface area contributed by atoms with Crippen LogP contribution in [0.2, 0.25) is 0 Å². The minimum Gasteiger partial charge on any atom is -0.224 e. The molecule has 0 N–H and O–H groups in total. The lowest BCUT2D eigenvalue weighted by Crippen LogP contribution is -2.74. The van der Waals surface area contributed by atoms with Crippen LogP contribution in [0, 0.1) is 0 Å². The number of rotatable bonds is 10. The molecule has 0 saturated carbocycles. The maximum absolute atomic E-state index is 13.9. The molecule has 0 spiro atoms. The molecule has 37 heavy (non-hydrogen) atoms. The first kappa shape index (κ1) is 34.4. The molecular formula is C14H5Br2F17O2S2. The van der Waals surface area contributed by atoms with Crippen molar-refractivity contribution in [2.24, 2.45) is 0 Å². The standard InChI is InChI=1S/C14H5Br2F17O2S2/c15-5-3-4(6(16)36-5)37(34,35)2-1-7(17,18)8(19,20)9(21,22)10(23,24)11(25,26)12(27,28)13(29,30)14(31,32)33/h3H,1-2H2. The SMILES string of the molecule is O=S(=O)(CCC(F)(F)C(F)(F)C(F)(F)C(F)(F)C(F)(F)C(F)(F)C(F)(F)C(F)(F)F)c1cc(Br)sc1Br. The van der Waals surface area contributed by atoms with Gasteiger partial charge in [-0.25, -0.2) is 8.42 Å². The number of sulfone groups is 1. The van der Waals surface area contributed by atoms with E-state index in [0.29, 0.717) is 17.4 Å². The van der Waals surface area contributed by atoms with Gasteiger partial charge in [0.15, 0.2) is 9.84 Å². The van der Waals surface area contributed by atoms with Crippen molar-refractivity contribution in [3.8, 4) is 0 Å². The van der Waals surface area contributed by atoms with Crippen LogP contribution in [0.4, 0.5) is 74.6 Å². The zero-order chi connectivity index (χ0) is 30.1. The highest BCUT2D eigenvalue weighted by Gasteiger charge is 2.95. The van der Waals surface area contributed by atoms with E-state index in [4.69, 9.17) is 0 Å². The third-order valence-electron chi connectivity index (χ3n) is 4.43. The third kappa shape index (κ3) is 5.18. The van der Waals surface area contributed by atoms with Gasteiger partial charge in [-0.2, -0.15) is 74.6 Å². The van der Waals surface area contributed by atoms with Crippen LogP contribution in [0.1, 0.15) is 6.42 Å². The highest BCUT2D eigenvalue weighted by Crippen LogP contribution is 2.64. The Balaban J connectivity index is 3.51. The summed E-state index contributed by atoms with van der Waals surface area (Å²) in [6.07, 6.45) is -10.9. The molecule has 218 valence electrons. The van der Waals surface area contributed by atoms with E-state index in [1.807, 2.05) is 0 Å². The van der Waals surface area contributed by atoms with E-state index in [0.717, 1.165) is 0 Å². The van der Waals surface area contributed by atoms with Gasteiger partial charge < -0.3 is 0 Å². The minimum atomic E-state index is -8.73. The fraction of sp³-hybridized carbons (Fsp3) is 0.714. The molecule has 0 aliphatic rings. The zero-order valence-corrected chi connectivity index (χ0v) is 21.1. The summed E-state index contributed by atoms with van der Waals surface area (Å²) in [5, 5.41) is 0. The Bertz CT molecular complexity index is 1110. The van der Waals surface area contributed by atoms with Gasteiger partial charge in [0.1, 0.15) is 0 Å². The van der Waals surface area contributed by atoms with E-state index < -0.39 is 74.5 Å². The van der Waals surface area contributed by atoms with Gasteiger partial charge in [-0.15, -0.1) is 11.3 Å².